The molecule has 0 bridgehead atoms. The first-order valence-corrected chi connectivity index (χ1v) is 4.17. The van der Waals surface area contributed by atoms with E-state index in [1.54, 1.807) is 20.8 Å². The smallest absolute Gasteiger partial charge is 0.408 e. The molecule has 5 nitrogen and oxygen atoms in total. The van der Waals surface area contributed by atoms with Crippen LogP contribution in [0, 0.1) is 0 Å². The highest BCUT2D eigenvalue weighted by molar-refractivity contribution is 5.66. The van der Waals surface area contributed by atoms with Gasteiger partial charge in [-0.3, -0.25) is 4.90 Å². The zero-order chi connectivity index (χ0) is 10.6. The highest BCUT2D eigenvalue weighted by Crippen LogP contribution is 2.16. The van der Waals surface area contributed by atoms with Gasteiger partial charge in [0.15, 0.2) is 0 Å². The molecule has 0 unspecified atom stereocenters. The van der Waals surface area contributed by atoms with Crippen LogP contribution in [-0.2, 0) is 0 Å². The molecule has 0 saturated carbocycles. The summed E-state index contributed by atoms with van der Waals surface area (Å²) in [5, 5.41) is 17.8. The predicted octanol–water partition coefficient (Wildman–Crippen LogP) is 0.0845. The van der Waals surface area contributed by atoms with Crippen molar-refractivity contribution in [1.82, 2.24) is 4.90 Å². The lowest BCUT2D eigenvalue weighted by molar-refractivity contribution is 0.0495. The van der Waals surface area contributed by atoms with E-state index in [9.17, 15) is 4.79 Å². The summed E-state index contributed by atoms with van der Waals surface area (Å²) in [7, 11) is 0. The summed E-state index contributed by atoms with van der Waals surface area (Å²) in [5.74, 6) is 0. The Bertz CT molecular complexity index is 173. The van der Waals surface area contributed by atoms with Crippen LogP contribution in [0.5, 0.6) is 0 Å². The van der Waals surface area contributed by atoms with Gasteiger partial charge in [0.25, 0.3) is 0 Å². The van der Waals surface area contributed by atoms with Crippen molar-refractivity contribution in [1.29, 1.82) is 0 Å². The Morgan fingerprint density at radius 2 is 2.00 bits per heavy atom. The maximum Gasteiger partial charge on any atom is 0.408 e. The molecule has 1 atom stereocenters. The molecule has 1 amide bonds. The Morgan fingerprint density at radius 3 is 2.08 bits per heavy atom. The maximum atomic E-state index is 10.9. The van der Waals surface area contributed by atoms with E-state index in [1.165, 1.54) is 4.90 Å². The topological polar surface area (TPSA) is 86.8 Å². The second kappa shape index (κ2) is 4.43. The van der Waals surface area contributed by atoms with Crippen LogP contribution in [0.15, 0.2) is 0 Å². The number of hydrogen-bond acceptors (Lipinski definition) is 3. The maximum absolute atomic E-state index is 10.9. The van der Waals surface area contributed by atoms with E-state index in [-0.39, 0.29) is 13.2 Å². The first-order valence-electron chi connectivity index (χ1n) is 4.17. The molecule has 0 aromatic heterocycles. The second-order valence-corrected chi connectivity index (χ2v) is 3.90. The SMILES string of the molecule is CC(C)(C)N(C(=O)O)[C@@H](CN)CO. The second-order valence-electron chi connectivity index (χ2n) is 3.90. The fourth-order valence-corrected chi connectivity index (χ4v) is 1.25. The van der Waals surface area contributed by atoms with Crippen molar-refractivity contribution in [2.24, 2.45) is 5.73 Å². The lowest BCUT2D eigenvalue weighted by Crippen LogP contribution is -2.55. The lowest BCUT2D eigenvalue weighted by atomic mass is 10.0. The van der Waals surface area contributed by atoms with Crippen molar-refractivity contribution in [2.75, 3.05) is 13.2 Å². The van der Waals surface area contributed by atoms with Crippen molar-refractivity contribution in [3.63, 3.8) is 0 Å². The molecule has 0 saturated heterocycles. The van der Waals surface area contributed by atoms with Gasteiger partial charge in [-0.1, -0.05) is 0 Å². The van der Waals surface area contributed by atoms with Crippen LogP contribution < -0.4 is 5.73 Å². The Balaban J connectivity index is 4.69. The Kier molecular flexibility index (Phi) is 4.16. The van der Waals surface area contributed by atoms with E-state index in [0.717, 1.165) is 0 Å². The minimum Gasteiger partial charge on any atom is -0.465 e. The van der Waals surface area contributed by atoms with Gasteiger partial charge in [-0.15, -0.1) is 0 Å². The molecule has 78 valence electrons. The fraction of sp³-hybridized carbons (Fsp3) is 0.875. The average Bonchev–Trinajstić information content (AvgIpc) is 1.96. The molecule has 0 fully saturated rings. The highest BCUT2D eigenvalue weighted by Gasteiger charge is 2.31. The molecule has 0 radical (unpaired) electrons. The van der Waals surface area contributed by atoms with E-state index in [1.807, 2.05) is 0 Å². The summed E-state index contributed by atoms with van der Waals surface area (Å²) < 4.78 is 0. The molecule has 13 heavy (non-hydrogen) atoms. The average molecular weight is 190 g/mol. The quantitative estimate of drug-likeness (QED) is 0.588. The third-order valence-corrected chi connectivity index (χ3v) is 1.78. The molecule has 0 aliphatic heterocycles. The van der Waals surface area contributed by atoms with Crippen LogP contribution in [0.2, 0.25) is 0 Å². The third-order valence-electron chi connectivity index (χ3n) is 1.78. The van der Waals surface area contributed by atoms with Crippen LogP contribution in [-0.4, -0.2) is 45.9 Å². The normalized spacial score (nSPS) is 13.9. The summed E-state index contributed by atoms with van der Waals surface area (Å²) in [4.78, 5) is 12.0. The van der Waals surface area contributed by atoms with Gasteiger partial charge in [-0.05, 0) is 20.8 Å². The number of hydrogen-bond donors (Lipinski definition) is 3. The molecular weight excluding hydrogens is 172 g/mol. The molecule has 5 heteroatoms. The van der Waals surface area contributed by atoms with Crippen LogP contribution >= 0.6 is 0 Å². The Morgan fingerprint density at radius 1 is 1.54 bits per heavy atom. The molecule has 0 aliphatic rings. The molecule has 0 aromatic rings. The van der Waals surface area contributed by atoms with Gasteiger partial charge >= 0.3 is 6.09 Å². The third kappa shape index (κ3) is 3.20. The molecule has 0 aromatic carbocycles. The number of amides is 1. The first kappa shape index (κ1) is 12.2. The van der Waals surface area contributed by atoms with Gasteiger partial charge in [0, 0.05) is 12.1 Å². The van der Waals surface area contributed by atoms with E-state index in [4.69, 9.17) is 15.9 Å². The lowest BCUT2D eigenvalue weighted by Gasteiger charge is -2.38. The number of carboxylic acid groups (broad SMARTS) is 1. The van der Waals surface area contributed by atoms with E-state index < -0.39 is 17.7 Å². The molecule has 0 rings (SSSR count). The highest BCUT2D eigenvalue weighted by atomic mass is 16.4. The van der Waals surface area contributed by atoms with E-state index >= 15 is 0 Å². The van der Waals surface area contributed by atoms with Gasteiger partial charge in [-0.2, -0.15) is 0 Å². The van der Waals surface area contributed by atoms with Crippen LogP contribution in [0.4, 0.5) is 4.79 Å². The standard InChI is InChI=1S/C8H18N2O3/c1-8(2,3)10(7(12)13)6(4-9)5-11/h6,11H,4-5,9H2,1-3H3,(H,12,13)/t6-/m0/s1. The zero-order valence-corrected chi connectivity index (χ0v) is 8.32. The van der Waals surface area contributed by atoms with Crippen molar-refractivity contribution in [3.05, 3.63) is 0 Å². The summed E-state index contributed by atoms with van der Waals surface area (Å²) in [6, 6.07) is -0.530. The number of nitrogens with zero attached hydrogens (tertiary/aromatic N) is 1. The predicted molar refractivity (Wildman–Crippen MR) is 49.5 cm³/mol. The minimum atomic E-state index is -1.06. The zero-order valence-electron chi connectivity index (χ0n) is 8.32. The number of aliphatic hydroxyl groups is 1. The first-order chi connectivity index (χ1) is 5.84. The van der Waals surface area contributed by atoms with Crippen molar-refractivity contribution < 1.29 is 15.0 Å². The molecule has 0 heterocycles. The van der Waals surface area contributed by atoms with E-state index in [0.29, 0.717) is 0 Å². The molecule has 4 N–H and O–H groups in total. The van der Waals surface area contributed by atoms with Gasteiger partial charge < -0.3 is 15.9 Å². The summed E-state index contributed by atoms with van der Waals surface area (Å²) in [5.41, 5.74) is 4.81. The van der Waals surface area contributed by atoms with Crippen LogP contribution in [0.3, 0.4) is 0 Å². The van der Waals surface area contributed by atoms with Gasteiger partial charge in [0.1, 0.15) is 0 Å². The van der Waals surface area contributed by atoms with Gasteiger partial charge in [-0.25, -0.2) is 4.79 Å². The number of aliphatic hydroxyl groups excluding tert-OH is 1. The fourth-order valence-electron chi connectivity index (χ4n) is 1.25. The van der Waals surface area contributed by atoms with Gasteiger partial charge in [0.2, 0.25) is 0 Å². The summed E-state index contributed by atoms with van der Waals surface area (Å²) in [6.45, 7) is 5.17. The molecular formula is C8H18N2O3. The van der Waals surface area contributed by atoms with Crippen LogP contribution in [0.25, 0.3) is 0 Å². The molecule has 0 spiro atoms. The molecule has 0 aliphatic carbocycles. The number of rotatable bonds is 3. The van der Waals surface area contributed by atoms with Crippen LogP contribution in [0.1, 0.15) is 20.8 Å². The summed E-state index contributed by atoms with van der Waals surface area (Å²) in [6.07, 6.45) is -1.06. The van der Waals surface area contributed by atoms with Gasteiger partial charge in [0.05, 0.1) is 12.6 Å². The largest absolute Gasteiger partial charge is 0.465 e. The van der Waals surface area contributed by atoms with E-state index in [2.05, 4.69) is 0 Å². The Hall–Kier alpha value is -0.810. The minimum absolute atomic E-state index is 0.125. The van der Waals surface area contributed by atoms with Crippen molar-refractivity contribution in [2.45, 2.75) is 32.4 Å². The summed E-state index contributed by atoms with van der Waals surface area (Å²) >= 11 is 0. The number of nitrogens with two attached hydrogens (primary N) is 1. The monoisotopic (exact) mass is 190 g/mol. The Labute approximate surface area is 78.1 Å². The van der Waals surface area contributed by atoms with Crippen molar-refractivity contribution in [3.8, 4) is 0 Å². The van der Waals surface area contributed by atoms with Crippen molar-refractivity contribution >= 4 is 6.09 Å². The number of carbonyl (C=O) groups is 1.